The lowest BCUT2D eigenvalue weighted by Gasteiger charge is -2.25. The summed E-state index contributed by atoms with van der Waals surface area (Å²) >= 11 is 1.36. The van der Waals surface area contributed by atoms with E-state index in [-0.39, 0.29) is 18.9 Å². The number of aliphatic carboxylic acids is 1. The molecule has 1 amide bonds. The van der Waals surface area contributed by atoms with Crippen molar-refractivity contribution in [2.45, 2.75) is 29.0 Å². The molecule has 1 aliphatic heterocycles. The van der Waals surface area contributed by atoms with Gasteiger partial charge in [-0.2, -0.15) is 0 Å². The van der Waals surface area contributed by atoms with E-state index in [2.05, 4.69) is 5.32 Å². The zero-order valence-corrected chi connectivity index (χ0v) is 13.3. The molecule has 0 aliphatic carbocycles. The third-order valence-corrected chi connectivity index (χ3v) is 4.65. The Kier molecular flexibility index (Phi) is 5.31. The molecule has 2 rings (SSSR count). The first-order valence-electron chi connectivity index (χ1n) is 6.91. The van der Waals surface area contributed by atoms with Gasteiger partial charge in [-0.1, -0.05) is 0 Å². The number of benzene rings is 1. The van der Waals surface area contributed by atoms with Crippen LogP contribution in [0.1, 0.15) is 13.3 Å². The monoisotopic (exact) mass is 325 g/mol. The summed E-state index contributed by atoms with van der Waals surface area (Å²) in [5, 5.41) is 11.5. The molecule has 6 nitrogen and oxygen atoms in total. The lowest BCUT2D eigenvalue weighted by atomic mass is 9.99. The van der Waals surface area contributed by atoms with Crippen LogP contribution in [-0.4, -0.2) is 48.1 Å². The van der Waals surface area contributed by atoms with Crippen LogP contribution in [0.3, 0.4) is 0 Å². The van der Waals surface area contributed by atoms with Gasteiger partial charge in [0.1, 0.15) is 5.75 Å². The van der Waals surface area contributed by atoms with Crippen LogP contribution >= 0.6 is 11.8 Å². The van der Waals surface area contributed by atoms with E-state index in [0.29, 0.717) is 6.61 Å². The summed E-state index contributed by atoms with van der Waals surface area (Å²) in [6.07, 6.45) is 0.286. The molecule has 0 aromatic heterocycles. The van der Waals surface area contributed by atoms with Gasteiger partial charge in [0.05, 0.1) is 19.0 Å². The van der Waals surface area contributed by atoms with Crippen molar-refractivity contribution in [1.29, 1.82) is 0 Å². The van der Waals surface area contributed by atoms with Crippen molar-refractivity contribution in [2.24, 2.45) is 0 Å². The van der Waals surface area contributed by atoms with Crippen LogP contribution in [0.2, 0.25) is 0 Å². The van der Waals surface area contributed by atoms with Crippen molar-refractivity contribution in [2.75, 3.05) is 20.3 Å². The Labute approximate surface area is 133 Å². The standard InChI is InChI=1S/C15H19NO5S/c1-10(22-12-5-3-11(20-2)4-6-12)13(17)16-15(14(18)19)7-8-21-9-15/h3-6,10H,7-9H2,1-2H3,(H,16,17)(H,18,19). The van der Waals surface area contributed by atoms with Gasteiger partial charge in [0.2, 0.25) is 5.91 Å². The van der Waals surface area contributed by atoms with Gasteiger partial charge < -0.3 is 19.9 Å². The maximum absolute atomic E-state index is 12.3. The van der Waals surface area contributed by atoms with Gasteiger partial charge >= 0.3 is 5.97 Å². The van der Waals surface area contributed by atoms with Crippen molar-refractivity contribution >= 4 is 23.6 Å². The number of carboxylic acid groups (broad SMARTS) is 1. The van der Waals surface area contributed by atoms with E-state index in [9.17, 15) is 14.7 Å². The summed E-state index contributed by atoms with van der Waals surface area (Å²) in [6, 6.07) is 7.35. The second kappa shape index (κ2) is 7.02. The number of carboxylic acids is 1. The molecule has 120 valence electrons. The summed E-state index contributed by atoms with van der Waals surface area (Å²) < 4.78 is 10.2. The third-order valence-electron chi connectivity index (χ3n) is 3.54. The van der Waals surface area contributed by atoms with Gasteiger partial charge in [-0.25, -0.2) is 4.79 Å². The highest BCUT2D eigenvalue weighted by Gasteiger charge is 2.44. The van der Waals surface area contributed by atoms with E-state index in [1.54, 1.807) is 14.0 Å². The van der Waals surface area contributed by atoms with Crippen molar-refractivity contribution in [3.8, 4) is 5.75 Å². The summed E-state index contributed by atoms with van der Waals surface area (Å²) in [6.45, 7) is 2.09. The van der Waals surface area contributed by atoms with Gasteiger partial charge in [-0.3, -0.25) is 4.79 Å². The second-order valence-corrected chi connectivity index (χ2v) is 6.53. The fourth-order valence-corrected chi connectivity index (χ4v) is 3.00. The Morgan fingerprint density at radius 2 is 2.09 bits per heavy atom. The molecule has 1 aliphatic rings. The molecule has 1 aromatic carbocycles. The highest BCUT2D eigenvalue weighted by Crippen LogP contribution is 2.27. The molecule has 2 N–H and O–H groups in total. The molecule has 1 heterocycles. The molecule has 1 aromatic rings. The maximum atomic E-state index is 12.3. The number of rotatable bonds is 6. The normalized spacial score (nSPS) is 22.1. The minimum absolute atomic E-state index is 0.00793. The average Bonchev–Trinajstić information content (AvgIpc) is 2.98. The molecule has 2 atom stereocenters. The first kappa shape index (κ1) is 16.6. The van der Waals surface area contributed by atoms with Gasteiger partial charge in [0, 0.05) is 17.9 Å². The molecule has 0 saturated carbocycles. The number of amides is 1. The number of thioether (sulfide) groups is 1. The summed E-state index contributed by atoms with van der Waals surface area (Å²) in [5.41, 5.74) is -1.30. The lowest BCUT2D eigenvalue weighted by molar-refractivity contribution is -0.147. The number of hydrogen-bond acceptors (Lipinski definition) is 5. The maximum Gasteiger partial charge on any atom is 0.331 e. The Bertz CT molecular complexity index is 539. The second-order valence-electron chi connectivity index (χ2n) is 5.11. The third kappa shape index (κ3) is 3.72. The molecule has 0 spiro atoms. The number of nitrogens with one attached hydrogen (secondary N) is 1. The molecule has 1 fully saturated rings. The molecule has 1 saturated heterocycles. The molecule has 2 unspecified atom stereocenters. The minimum Gasteiger partial charge on any atom is -0.497 e. The number of methoxy groups -OCH3 is 1. The quantitative estimate of drug-likeness (QED) is 0.772. The zero-order valence-electron chi connectivity index (χ0n) is 12.5. The van der Waals surface area contributed by atoms with Crippen molar-refractivity contribution in [1.82, 2.24) is 5.32 Å². The number of carbonyl (C=O) groups excluding carboxylic acids is 1. The van der Waals surface area contributed by atoms with Crippen LogP contribution in [0.25, 0.3) is 0 Å². The molecule has 0 bridgehead atoms. The van der Waals surface area contributed by atoms with Crippen LogP contribution in [-0.2, 0) is 14.3 Å². The van der Waals surface area contributed by atoms with Crippen LogP contribution in [0.15, 0.2) is 29.2 Å². The number of carbonyl (C=O) groups is 2. The molecule has 0 radical (unpaired) electrons. The van der Waals surface area contributed by atoms with E-state index in [1.165, 1.54) is 11.8 Å². The SMILES string of the molecule is COc1ccc(SC(C)C(=O)NC2(C(=O)O)CCOC2)cc1. The van der Waals surface area contributed by atoms with Gasteiger partial charge in [0.15, 0.2) is 5.54 Å². The van der Waals surface area contributed by atoms with Crippen molar-refractivity contribution in [3.63, 3.8) is 0 Å². The van der Waals surface area contributed by atoms with Crippen LogP contribution in [0.4, 0.5) is 0 Å². The van der Waals surface area contributed by atoms with Crippen LogP contribution in [0.5, 0.6) is 5.75 Å². The van der Waals surface area contributed by atoms with E-state index < -0.39 is 16.8 Å². The molecule has 22 heavy (non-hydrogen) atoms. The van der Waals surface area contributed by atoms with E-state index in [4.69, 9.17) is 9.47 Å². The van der Waals surface area contributed by atoms with E-state index in [0.717, 1.165) is 10.6 Å². The van der Waals surface area contributed by atoms with Crippen molar-refractivity contribution < 1.29 is 24.2 Å². The summed E-state index contributed by atoms with van der Waals surface area (Å²) in [7, 11) is 1.59. The summed E-state index contributed by atoms with van der Waals surface area (Å²) in [5.74, 6) is -0.622. The van der Waals surface area contributed by atoms with E-state index >= 15 is 0 Å². The smallest absolute Gasteiger partial charge is 0.331 e. The number of ether oxygens (including phenoxy) is 2. The minimum atomic E-state index is -1.30. The molecule has 7 heteroatoms. The van der Waals surface area contributed by atoms with E-state index in [1.807, 2.05) is 24.3 Å². The fourth-order valence-electron chi connectivity index (χ4n) is 2.14. The Hall–Kier alpha value is -1.73. The molecular weight excluding hydrogens is 306 g/mol. The number of hydrogen-bond donors (Lipinski definition) is 2. The molecular formula is C15H19NO5S. The first-order valence-corrected chi connectivity index (χ1v) is 7.79. The van der Waals surface area contributed by atoms with Crippen LogP contribution in [0, 0.1) is 0 Å². The zero-order chi connectivity index (χ0) is 16.2. The Balaban J connectivity index is 1.97. The van der Waals surface area contributed by atoms with Gasteiger partial charge in [-0.15, -0.1) is 11.8 Å². The average molecular weight is 325 g/mol. The van der Waals surface area contributed by atoms with Crippen molar-refractivity contribution in [3.05, 3.63) is 24.3 Å². The topological polar surface area (TPSA) is 84.9 Å². The summed E-state index contributed by atoms with van der Waals surface area (Å²) in [4.78, 5) is 24.6. The highest BCUT2D eigenvalue weighted by molar-refractivity contribution is 8.00. The first-order chi connectivity index (χ1) is 10.5. The predicted molar refractivity (Wildman–Crippen MR) is 82.3 cm³/mol. The fraction of sp³-hybridized carbons (Fsp3) is 0.467. The lowest BCUT2D eigenvalue weighted by Crippen LogP contribution is -2.56. The van der Waals surface area contributed by atoms with Gasteiger partial charge in [0.25, 0.3) is 0 Å². The predicted octanol–water partition coefficient (Wildman–Crippen LogP) is 1.54. The Morgan fingerprint density at radius 3 is 2.59 bits per heavy atom. The van der Waals surface area contributed by atoms with Crippen LogP contribution < -0.4 is 10.1 Å². The van der Waals surface area contributed by atoms with Gasteiger partial charge in [-0.05, 0) is 31.2 Å². The highest BCUT2D eigenvalue weighted by atomic mass is 32.2. The Morgan fingerprint density at radius 1 is 1.41 bits per heavy atom. The largest absolute Gasteiger partial charge is 0.497 e.